The first kappa shape index (κ1) is 27.2. The Bertz CT molecular complexity index is 1040. The van der Waals surface area contributed by atoms with Gasteiger partial charge in [-0.2, -0.15) is 4.83 Å². The minimum absolute atomic E-state index is 0.425. The molecule has 9 heteroatoms. The van der Waals surface area contributed by atoms with Crippen LogP contribution >= 0.6 is 0 Å². The maximum atomic E-state index is 11.1. The lowest BCUT2D eigenvalue weighted by Gasteiger charge is -2.40. The smallest absolute Gasteiger partial charge is 0.245 e. The van der Waals surface area contributed by atoms with Gasteiger partial charge in [0.05, 0.1) is 0 Å². The molecule has 1 saturated carbocycles. The van der Waals surface area contributed by atoms with Gasteiger partial charge in [-0.1, -0.05) is 13.8 Å². The number of aromatic nitrogens is 2. The lowest BCUT2D eigenvalue weighted by molar-refractivity contribution is 0.156. The number of likely N-dealkylation sites (tertiary alicyclic amines) is 1. The molecule has 0 spiro atoms. The summed E-state index contributed by atoms with van der Waals surface area (Å²) in [6, 6.07) is 5.30. The molecule has 37 heavy (non-hydrogen) atoms. The summed E-state index contributed by atoms with van der Waals surface area (Å²) in [6.07, 6.45) is 13.0. The van der Waals surface area contributed by atoms with Crippen molar-refractivity contribution in [2.45, 2.75) is 90.3 Å². The van der Waals surface area contributed by atoms with E-state index in [0.717, 1.165) is 68.8 Å². The molecule has 5 rings (SSSR count). The van der Waals surface area contributed by atoms with Crippen LogP contribution in [0.2, 0.25) is 0 Å². The van der Waals surface area contributed by atoms with E-state index in [2.05, 4.69) is 51.0 Å². The number of nitrogens with zero attached hydrogens (tertiary/aromatic N) is 3. The molecule has 2 aliphatic heterocycles. The predicted octanol–water partition coefficient (Wildman–Crippen LogP) is 4.16. The Morgan fingerprint density at radius 3 is 2.70 bits per heavy atom. The Morgan fingerprint density at radius 2 is 1.97 bits per heavy atom. The van der Waals surface area contributed by atoms with Gasteiger partial charge in [-0.05, 0) is 106 Å². The quantitative estimate of drug-likeness (QED) is 0.209. The third-order valence-electron chi connectivity index (χ3n) is 9.31. The normalized spacial score (nSPS) is 28.3. The van der Waals surface area contributed by atoms with Crippen LogP contribution in [0.5, 0.6) is 0 Å². The van der Waals surface area contributed by atoms with E-state index < -0.39 is 11.3 Å². The highest BCUT2D eigenvalue weighted by molar-refractivity contribution is 7.77. The highest BCUT2D eigenvalue weighted by Crippen LogP contribution is 2.40. The number of pyridine rings is 1. The van der Waals surface area contributed by atoms with E-state index >= 15 is 0 Å². The van der Waals surface area contributed by atoms with Gasteiger partial charge < -0.3 is 9.88 Å². The van der Waals surface area contributed by atoms with E-state index in [-0.39, 0.29) is 0 Å². The fraction of sp³-hybridized carbons (Fsp3) is 0.750. The summed E-state index contributed by atoms with van der Waals surface area (Å²) in [5.41, 5.74) is 6.79. The van der Waals surface area contributed by atoms with Gasteiger partial charge in [0.25, 0.3) is 0 Å². The van der Waals surface area contributed by atoms with E-state index in [1.807, 2.05) is 6.20 Å². The van der Waals surface area contributed by atoms with Crippen LogP contribution in [-0.4, -0.2) is 55.4 Å². The number of hydrogen-bond donors (Lipinski definition) is 4. The fourth-order valence-electron chi connectivity index (χ4n) is 7.29. The largest absolute Gasteiger partial charge is 0.326 e. The van der Waals surface area contributed by atoms with Gasteiger partial charge in [0.1, 0.15) is 5.65 Å². The van der Waals surface area contributed by atoms with Crippen LogP contribution in [0.25, 0.3) is 11.0 Å². The second-order valence-corrected chi connectivity index (χ2v) is 12.5. The Morgan fingerprint density at radius 1 is 1.19 bits per heavy atom. The van der Waals surface area contributed by atoms with E-state index in [1.54, 1.807) is 0 Å². The van der Waals surface area contributed by atoms with Gasteiger partial charge in [0, 0.05) is 48.9 Å². The van der Waals surface area contributed by atoms with Crippen molar-refractivity contribution in [3.8, 4) is 0 Å². The molecular formula is C28H46N6O2S. The molecule has 4 heterocycles. The number of nitrogens with one attached hydrogen (secondary N) is 3. The van der Waals surface area contributed by atoms with E-state index in [1.165, 1.54) is 55.2 Å². The number of rotatable bonds is 10. The topological polar surface area (TPSA) is 94.5 Å². The predicted molar refractivity (Wildman–Crippen MR) is 150 cm³/mol. The van der Waals surface area contributed by atoms with Crippen molar-refractivity contribution in [1.29, 1.82) is 0 Å². The molecule has 2 aromatic heterocycles. The second kappa shape index (κ2) is 12.7. The average Bonchev–Trinajstić information content (AvgIpc) is 3.53. The molecule has 8 nitrogen and oxygen atoms in total. The number of piperidine rings is 1. The van der Waals surface area contributed by atoms with Crippen molar-refractivity contribution in [2.24, 2.45) is 17.8 Å². The molecular weight excluding hydrogens is 484 g/mol. The average molecular weight is 531 g/mol. The highest BCUT2D eigenvalue weighted by atomic mass is 32.2. The first-order chi connectivity index (χ1) is 18.0. The summed E-state index contributed by atoms with van der Waals surface area (Å²) >= 11 is -2.07. The van der Waals surface area contributed by atoms with Gasteiger partial charge in [-0.15, -0.1) is 0 Å². The fourth-order valence-corrected chi connectivity index (χ4v) is 7.52. The molecule has 3 fully saturated rings. The second-order valence-electron chi connectivity index (χ2n) is 11.8. The molecule has 3 aliphatic rings. The summed E-state index contributed by atoms with van der Waals surface area (Å²) in [7, 11) is 0. The molecule has 0 radical (unpaired) electrons. The zero-order chi connectivity index (χ0) is 25.8. The van der Waals surface area contributed by atoms with Crippen LogP contribution in [0.15, 0.2) is 18.3 Å². The van der Waals surface area contributed by atoms with Crippen molar-refractivity contribution in [2.75, 3.05) is 26.2 Å². The van der Waals surface area contributed by atoms with E-state index in [9.17, 15) is 4.21 Å². The summed E-state index contributed by atoms with van der Waals surface area (Å²) < 4.78 is 22.8. The first-order valence-corrected chi connectivity index (χ1v) is 15.6. The summed E-state index contributed by atoms with van der Waals surface area (Å²) in [5.74, 6) is 2.46. The number of hydrogen-bond acceptors (Lipinski definition) is 5. The summed E-state index contributed by atoms with van der Waals surface area (Å²) in [6.45, 7) is 9.67. The Labute approximate surface area is 224 Å². The van der Waals surface area contributed by atoms with Crippen molar-refractivity contribution in [3.05, 3.63) is 29.6 Å². The monoisotopic (exact) mass is 530 g/mol. The zero-order valence-corrected chi connectivity index (χ0v) is 23.4. The van der Waals surface area contributed by atoms with Crippen LogP contribution in [0.3, 0.4) is 0 Å². The third-order valence-corrected chi connectivity index (χ3v) is 9.63. The van der Waals surface area contributed by atoms with Crippen molar-refractivity contribution < 1.29 is 8.76 Å². The number of hydrazine groups is 1. The van der Waals surface area contributed by atoms with E-state index in [0.29, 0.717) is 18.6 Å². The molecule has 0 aromatic carbocycles. The molecule has 3 atom stereocenters. The van der Waals surface area contributed by atoms with Gasteiger partial charge in [-0.25, -0.2) is 14.6 Å². The minimum Gasteiger partial charge on any atom is -0.326 e. The molecule has 3 unspecified atom stereocenters. The maximum absolute atomic E-state index is 11.1. The van der Waals surface area contributed by atoms with Crippen LogP contribution < -0.4 is 15.6 Å². The van der Waals surface area contributed by atoms with Crippen LogP contribution in [0.1, 0.15) is 82.5 Å². The van der Waals surface area contributed by atoms with Crippen LogP contribution in [-0.2, 0) is 24.2 Å². The zero-order valence-electron chi connectivity index (χ0n) is 22.6. The molecule has 4 N–H and O–H groups in total. The standard InChI is InChI=1S/C28H46N6O2S/c1-20(2)21-7-9-22(10-8-21)26-18-23(11-14-29-26)34-27(12-15-31-32-37(35)36)25(19-33-16-3-4-17-33)24-6-5-13-30-28(24)34/h5-6,13,20-23,26,29,31-32H,3-4,7-12,14-19H2,1-2H3,(H,35,36). The Hall–Kier alpha value is -1.36. The summed E-state index contributed by atoms with van der Waals surface area (Å²) in [5, 5.41) is 5.18. The third kappa shape index (κ3) is 6.45. The van der Waals surface area contributed by atoms with Gasteiger partial charge in [-0.3, -0.25) is 9.45 Å². The van der Waals surface area contributed by atoms with E-state index in [4.69, 9.17) is 9.54 Å². The Kier molecular flexibility index (Phi) is 9.31. The Balaban J connectivity index is 1.41. The molecule has 2 saturated heterocycles. The lowest BCUT2D eigenvalue weighted by atomic mass is 9.73. The lowest BCUT2D eigenvalue weighted by Crippen LogP contribution is -2.45. The van der Waals surface area contributed by atoms with Crippen LogP contribution in [0, 0.1) is 17.8 Å². The summed E-state index contributed by atoms with van der Waals surface area (Å²) in [4.78, 5) is 9.94. The van der Waals surface area contributed by atoms with Crippen LogP contribution in [0.4, 0.5) is 0 Å². The molecule has 2 aromatic rings. The molecule has 0 bridgehead atoms. The van der Waals surface area contributed by atoms with Gasteiger partial charge in [0.15, 0.2) is 0 Å². The first-order valence-electron chi connectivity index (χ1n) is 14.5. The molecule has 0 amide bonds. The SMILES string of the molecule is CC(C)C1CCC(C2CC(n3c(CCNNS(=O)O)c(CN4CCCC4)c4cccnc43)CCN2)CC1. The highest BCUT2D eigenvalue weighted by Gasteiger charge is 2.34. The minimum atomic E-state index is -2.07. The van der Waals surface area contributed by atoms with Crippen molar-refractivity contribution in [1.82, 2.24) is 30.0 Å². The van der Waals surface area contributed by atoms with Crippen molar-refractivity contribution >= 4 is 22.3 Å². The van der Waals surface area contributed by atoms with Gasteiger partial charge in [0.2, 0.25) is 11.3 Å². The maximum Gasteiger partial charge on any atom is 0.245 e. The van der Waals surface area contributed by atoms with Crippen molar-refractivity contribution in [3.63, 3.8) is 0 Å². The molecule has 206 valence electrons. The van der Waals surface area contributed by atoms with Gasteiger partial charge >= 0.3 is 0 Å². The molecule has 1 aliphatic carbocycles. The number of fused-ring (bicyclic) bond motifs is 1.